The maximum absolute atomic E-state index is 5.42. The first-order chi connectivity index (χ1) is 25.6. The number of pyridine rings is 1. The molecule has 4 aromatic heterocycles. The van der Waals surface area contributed by atoms with Gasteiger partial charge < -0.3 is 4.57 Å². The van der Waals surface area contributed by atoms with Crippen LogP contribution in [-0.2, 0) is 5.41 Å². The molecule has 0 N–H and O–H groups in total. The molecule has 0 saturated heterocycles. The second kappa shape index (κ2) is 9.77. The van der Waals surface area contributed by atoms with Crippen LogP contribution in [0, 0.1) is 0 Å². The molecule has 52 heavy (non-hydrogen) atoms. The zero-order valence-corrected chi connectivity index (χ0v) is 28.8. The van der Waals surface area contributed by atoms with Gasteiger partial charge in [-0.15, -0.1) is 0 Å². The first kappa shape index (κ1) is 28.1. The van der Waals surface area contributed by atoms with E-state index in [4.69, 9.17) is 4.98 Å². The van der Waals surface area contributed by atoms with Crippen molar-refractivity contribution in [3.63, 3.8) is 0 Å². The van der Waals surface area contributed by atoms with Gasteiger partial charge in [-0.25, -0.2) is 4.98 Å². The molecule has 0 unspecified atom stereocenters. The molecule has 0 saturated carbocycles. The number of benzene rings is 7. The zero-order chi connectivity index (χ0) is 34.3. The van der Waals surface area contributed by atoms with E-state index in [-0.39, 0.29) is 5.41 Å². The summed E-state index contributed by atoms with van der Waals surface area (Å²) >= 11 is 0. The highest BCUT2D eigenvalue weighted by Crippen LogP contribution is 2.51. The van der Waals surface area contributed by atoms with E-state index in [1.54, 1.807) is 0 Å². The minimum Gasteiger partial charge on any atom is -0.309 e. The fourth-order valence-corrected chi connectivity index (χ4v) is 9.45. The van der Waals surface area contributed by atoms with Crippen LogP contribution in [0.5, 0.6) is 0 Å². The van der Waals surface area contributed by atoms with E-state index in [0.29, 0.717) is 0 Å². The van der Waals surface area contributed by atoms with Gasteiger partial charge in [-0.3, -0.25) is 8.97 Å². The van der Waals surface area contributed by atoms with Crippen LogP contribution in [-0.4, -0.2) is 18.5 Å². The van der Waals surface area contributed by atoms with Crippen LogP contribution in [0.4, 0.5) is 0 Å². The number of hydrogen-bond acceptors (Lipinski definition) is 1. The summed E-state index contributed by atoms with van der Waals surface area (Å²) in [6.45, 7) is 4.77. The summed E-state index contributed by atoms with van der Waals surface area (Å²) in [6, 6.07) is 57.8. The Balaban J connectivity index is 1.10. The van der Waals surface area contributed by atoms with Gasteiger partial charge in [0.05, 0.1) is 22.1 Å². The molecule has 11 aromatic rings. The number of rotatable bonds is 2. The highest BCUT2D eigenvalue weighted by Gasteiger charge is 2.36. The normalized spacial score (nSPS) is 13.7. The molecule has 244 valence electrons. The molecule has 0 atom stereocenters. The van der Waals surface area contributed by atoms with Crippen LogP contribution in [0.2, 0.25) is 0 Å². The van der Waals surface area contributed by atoms with Crippen molar-refractivity contribution in [1.29, 1.82) is 0 Å². The third kappa shape index (κ3) is 3.44. The van der Waals surface area contributed by atoms with E-state index in [1.807, 2.05) is 0 Å². The molecule has 4 heteroatoms. The Kier molecular flexibility index (Phi) is 5.28. The van der Waals surface area contributed by atoms with E-state index in [0.717, 1.165) is 44.3 Å². The molecule has 4 nitrogen and oxygen atoms in total. The van der Waals surface area contributed by atoms with Crippen molar-refractivity contribution < 1.29 is 0 Å². The van der Waals surface area contributed by atoms with Gasteiger partial charge in [0, 0.05) is 43.7 Å². The van der Waals surface area contributed by atoms with Crippen molar-refractivity contribution >= 4 is 71.2 Å². The summed E-state index contributed by atoms with van der Waals surface area (Å²) in [4.78, 5) is 5.42. The first-order valence-corrected chi connectivity index (χ1v) is 18.1. The maximum Gasteiger partial charge on any atom is 0.151 e. The van der Waals surface area contributed by atoms with Crippen molar-refractivity contribution in [1.82, 2.24) is 18.5 Å². The largest absolute Gasteiger partial charge is 0.309 e. The fourth-order valence-electron chi connectivity index (χ4n) is 9.45. The fraction of sp³-hybridized carbons (Fsp3) is 0.0625. The van der Waals surface area contributed by atoms with Crippen LogP contribution in [0.1, 0.15) is 25.0 Å². The highest BCUT2D eigenvalue weighted by atomic mass is 15.2. The minimum absolute atomic E-state index is 0.208. The van der Waals surface area contributed by atoms with E-state index in [2.05, 4.69) is 185 Å². The van der Waals surface area contributed by atoms with Crippen molar-refractivity contribution in [2.45, 2.75) is 19.3 Å². The molecule has 4 heterocycles. The molecule has 0 radical (unpaired) electrons. The summed E-state index contributed by atoms with van der Waals surface area (Å²) in [5.41, 5.74) is 15.3. The third-order valence-corrected chi connectivity index (χ3v) is 11.8. The van der Waals surface area contributed by atoms with Crippen molar-refractivity contribution in [3.8, 4) is 22.5 Å². The molecule has 7 aromatic carbocycles. The summed E-state index contributed by atoms with van der Waals surface area (Å²) in [6.07, 6.45) is 0. The minimum atomic E-state index is -0.208. The number of fused-ring (bicyclic) bond motifs is 16. The maximum atomic E-state index is 5.42. The molecule has 0 amide bonds. The Morgan fingerprint density at radius 1 is 0.423 bits per heavy atom. The molecule has 0 spiro atoms. The molecule has 12 rings (SSSR count). The summed E-state index contributed by atoms with van der Waals surface area (Å²) in [5.74, 6) is 0. The van der Waals surface area contributed by atoms with Gasteiger partial charge in [0.25, 0.3) is 0 Å². The lowest BCUT2D eigenvalue weighted by atomic mass is 9.82. The second-order valence-corrected chi connectivity index (χ2v) is 14.8. The Bertz CT molecular complexity index is 3280. The van der Waals surface area contributed by atoms with Crippen LogP contribution >= 0.6 is 0 Å². The number of aromatic nitrogens is 4. The van der Waals surface area contributed by atoms with E-state index in [9.17, 15) is 0 Å². The Morgan fingerprint density at radius 2 is 0.865 bits per heavy atom. The summed E-state index contributed by atoms with van der Waals surface area (Å²) < 4.78 is 7.25. The molecule has 1 aliphatic rings. The number of para-hydroxylation sites is 4. The van der Waals surface area contributed by atoms with Gasteiger partial charge in [0.1, 0.15) is 11.2 Å². The lowest BCUT2D eigenvalue weighted by molar-refractivity contribution is 0.659. The van der Waals surface area contributed by atoms with Gasteiger partial charge in [-0.2, -0.15) is 0 Å². The van der Waals surface area contributed by atoms with Gasteiger partial charge in [0.15, 0.2) is 5.65 Å². The van der Waals surface area contributed by atoms with Gasteiger partial charge in [-0.1, -0.05) is 123 Å². The molecular weight excluding hydrogens is 633 g/mol. The van der Waals surface area contributed by atoms with Crippen molar-refractivity contribution in [3.05, 3.63) is 169 Å². The zero-order valence-electron chi connectivity index (χ0n) is 28.8. The summed E-state index contributed by atoms with van der Waals surface area (Å²) in [5, 5.41) is 7.34. The van der Waals surface area contributed by atoms with E-state index >= 15 is 0 Å². The van der Waals surface area contributed by atoms with Crippen LogP contribution in [0.15, 0.2) is 158 Å². The lowest BCUT2D eigenvalue weighted by Crippen LogP contribution is -2.16. The van der Waals surface area contributed by atoms with E-state index in [1.165, 1.54) is 60.5 Å². The quantitative estimate of drug-likeness (QED) is 0.169. The average molecular weight is 665 g/mol. The lowest BCUT2D eigenvalue weighted by Gasteiger charge is -2.23. The molecule has 0 fully saturated rings. The highest BCUT2D eigenvalue weighted by molar-refractivity contribution is 6.17. The van der Waals surface area contributed by atoms with Crippen LogP contribution in [0.3, 0.4) is 0 Å². The third-order valence-electron chi connectivity index (χ3n) is 11.8. The molecule has 1 aliphatic carbocycles. The smallest absolute Gasteiger partial charge is 0.151 e. The first-order valence-electron chi connectivity index (χ1n) is 18.1. The van der Waals surface area contributed by atoms with Crippen LogP contribution < -0.4 is 0 Å². The average Bonchev–Trinajstić information content (AvgIpc) is 3.90. The van der Waals surface area contributed by atoms with E-state index < -0.39 is 0 Å². The Labute approximate surface area is 299 Å². The molecule has 0 aliphatic heterocycles. The van der Waals surface area contributed by atoms with Gasteiger partial charge >= 0.3 is 0 Å². The topological polar surface area (TPSA) is 27.2 Å². The molecular formula is C48H32N4. The predicted octanol–water partition coefficient (Wildman–Crippen LogP) is 12.1. The van der Waals surface area contributed by atoms with Crippen molar-refractivity contribution in [2.24, 2.45) is 0 Å². The number of imidazole rings is 1. The molecule has 0 bridgehead atoms. The SMILES string of the molecule is CC1(C)c2cc(-n3c4ccccc4c4ccccc43)ccc2-c2ccc(-n3c4ccccc4c4nc5c6ccccc6c6ccccc6n5c43)cc21. The van der Waals surface area contributed by atoms with Gasteiger partial charge in [0.2, 0.25) is 0 Å². The Hall–Kier alpha value is -6.65. The second-order valence-electron chi connectivity index (χ2n) is 14.8. The summed E-state index contributed by atoms with van der Waals surface area (Å²) in [7, 11) is 0. The Morgan fingerprint density at radius 3 is 1.46 bits per heavy atom. The predicted molar refractivity (Wildman–Crippen MR) is 216 cm³/mol. The monoisotopic (exact) mass is 664 g/mol. The van der Waals surface area contributed by atoms with Crippen molar-refractivity contribution in [2.75, 3.05) is 0 Å². The standard InChI is InChI=1S/C48H32N4/c1-48(2)39-27-29(50-41-19-9-6-15-35(41)36-16-7-10-20-42(36)50)23-25-32(39)33-26-24-30(28-40(33)48)51-44-22-12-8-18-38(44)45-47(51)52-43-21-11-5-14-34(43)31-13-3-4-17-37(31)46(52)49-45/h3-28H,1-2H3. The van der Waals surface area contributed by atoms with Crippen LogP contribution in [0.25, 0.3) is 93.7 Å². The number of hydrogen-bond donors (Lipinski definition) is 0. The number of nitrogens with zero attached hydrogens (tertiary/aromatic N) is 4. The van der Waals surface area contributed by atoms with Gasteiger partial charge in [-0.05, 0) is 76.2 Å².